The molecule has 6 heteroatoms. The number of hydrogen-bond donors (Lipinski definition) is 3. The van der Waals surface area contributed by atoms with Crippen molar-refractivity contribution < 1.29 is 10.3 Å². The number of fused-ring (bicyclic) bond motifs is 1. The molecule has 2 aromatic rings. The molecule has 0 aliphatic rings. The summed E-state index contributed by atoms with van der Waals surface area (Å²) >= 11 is 0. The third-order valence-electron chi connectivity index (χ3n) is 3.70. The Bertz CT molecular complexity index is 682. The highest BCUT2D eigenvalue weighted by atomic mass is 16.4. The maximum absolute atomic E-state index is 9.55. The zero-order valence-electron chi connectivity index (χ0n) is 12.4. The number of aromatic nitrogens is 1. The summed E-state index contributed by atoms with van der Waals surface area (Å²) in [4.78, 5) is 6.43. The van der Waals surface area contributed by atoms with E-state index in [2.05, 4.69) is 10.1 Å². The second-order valence-corrected chi connectivity index (χ2v) is 5.57. The van der Waals surface area contributed by atoms with Crippen LogP contribution in [0.3, 0.4) is 0 Å². The van der Waals surface area contributed by atoms with Crippen molar-refractivity contribution in [2.45, 2.75) is 19.4 Å². The number of hydrogen-bond acceptors (Lipinski definition) is 5. The molecule has 0 spiro atoms. The molecule has 2 rings (SSSR count). The van der Waals surface area contributed by atoms with Gasteiger partial charge in [0.25, 0.3) is 0 Å². The van der Waals surface area contributed by atoms with E-state index in [1.807, 2.05) is 56.1 Å². The molecule has 21 heavy (non-hydrogen) atoms. The number of rotatable bonds is 4. The minimum absolute atomic E-state index is 0.0103. The van der Waals surface area contributed by atoms with Crippen LogP contribution >= 0.6 is 0 Å². The Morgan fingerprint density at radius 1 is 1.38 bits per heavy atom. The molecular weight excluding hydrogens is 268 g/mol. The van der Waals surface area contributed by atoms with Gasteiger partial charge in [-0.3, -0.25) is 0 Å². The van der Waals surface area contributed by atoms with Crippen molar-refractivity contribution in [1.82, 2.24) is 4.98 Å². The van der Waals surface area contributed by atoms with Crippen LogP contribution in [0.2, 0.25) is 0 Å². The number of benzene rings is 1. The molecule has 0 fully saturated rings. The van der Waals surface area contributed by atoms with Crippen LogP contribution < -0.4 is 10.6 Å². The Balaban J connectivity index is 2.70. The largest absolute Gasteiger partial charge is 0.409 e. The van der Waals surface area contributed by atoms with E-state index in [-0.39, 0.29) is 12.4 Å². The van der Waals surface area contributed by atoms with E-state index in [0.29, 0.717) is 11.4 Å². The van der Waals surface area contributed by atoms with E-state index >= 15 is 0 Å². The van der Waals surface area contributed by atoms with E-state index in [1.54, 1.807) is 0 Å². The highest BCUT2D eigenvalue weighted by Gasteiger charge is 2.27. The molecule has 0 saturated heterocycles. The number of para-hydroxylation sites is 1. The lowest BCUT2D eigenvalue weighted by Crippen LogP contribution is -2.45. The zero-order valence-corrected chi connectivity index (χ0v) is 12.4. The Hall–Kier alpha value is -2.34. The molecule has 0 unspecified atom stereocenters. The second-order valence-electron chi connectivity index (χ2n) is 5.57. The minimum Gasteiger partial charge on any atom is -0.409 e. The van der Waals surface area contributed by atoms with Gasteiger partial charge in [0.1, 0.15) is 5.82 Å². The molecule has 6 nitrogen and oxygen atoms in total. The van der Waals surface area contributed by atoms with Crippen LogP contribution in [-0.4, -0.2) is 40.3 Å². The first-order chi connectivity index (χ1) is 9.90. The summed E-state index contributed by atoms with van der Waals surface area (Å²) < 4.78 is 0. The van der Waals surface area contributed by atoms with Gasteiger partial charge in [-0.25, -0.2) is 4.98 Å². The average Bonchev–Trinajstić information content (AvgIpc) is 2.52. The number of amidine groups is 1. The van der Waals surface area contributed by atoms with Gasteiger partial charge in [0.15, 0.2) is 5.84 Å². The Morgan fingerprint density at radius 2 is 2.05 bits per heavy atom. The van der Waals surface area contributed by atoms with Gasteiger partial charge in [-0.2, -0.15) is 0 Å². The van der Waals surface area contributed by atoms with Gasteiger partial charge in [0.05, 0.1) is 23.2 Å². The molecule has 0 aliphatic heterocycles. The third kappa shape index (κ3) is 2.75. The first-order valence-corrected chi connectivity index (χ1v) is 6.63. The number of anilines is 1. The van der Waals surface area contributed by atoms with Crippen molar-refractivity contribution >= 4 is 22.6 Å². The lowest BCUT2D eigenvalue weighted by atomic mass is 10.0. The topological polar surface area (TPSA) is 95.0 Å². The molecule has 4 N–H and O–H groups in total. The molecule has 0 aliphatic carbocycles. The Morgan fingerprint density at radius 3 is 2.67 bits per heavy atom. The molecule has 0 atom stereocenters. The summed E-state index contributed by atoms with van der Waals surface area (Å²) in [5.74, 6) is 0.548. The molecule has 1 heterocycles. The summed E-state index contributed by atoms with van der Waals surface area (Å²) in [5, 5.41) is 22.5. The zero-order chi connectivity index (χ0) is 15.6. The van der Waals surface area contributed by atoms with Crippen LogP contribution in [0.4, 0.5) is 5.82 Å². The maximum atomic E-state index is 9.55. The highest BCUT2D eigenvalue weighted by Crippen LogP contribution is 2.27. The van der Waals surface area contributed by atoms with Crippen molar-refractivity contribution in [3.63, 3.8) is 0 Å². The summed E-state index contributed by atoms with van der Waals surface area (Å²) in [5.41, 5.74) is 6.59. The van der Waals surface area contributed by atoms with Crippen LogP contribution in [0.1, 0.15) is 19.4 Å². The van der Waals surface area contributed by atoms with E-state index < -0.39 is 5.54 Å². The fourth-order valence-electron chi connectivity index (χ4n) is 2.00. The lowest BCUT2D eigenvalue weighted by Gasteiger charge is -2.36. The minimum atomic E-state index is -0.528. The van der Waals surface area contributed by atoms with Crippen LogP contribution in [0.25, 0.3) is 10.9 Å². The van der Waals surface area contributed by atoms with Gasteiger partial charge in [0.2, 0.25) is 0 Å². The number of aliphatic hydroxyl groups is 1. The smallest absolute Gasteiger partial charge is 0.173 e. The van der Waals surface area contributed by atoms with E-state index in [0.717, 1.165) is 10.9 Å². The van der Waals surface area contributed by atoms with Crippen molar-refractivity contribution in [1.29, 1.82) is 0 Å². The maximum Gasteiger partial charge on any atom is 0.173 e. The summed E-state index contributed by atoms with van der Waals surface area (Å²) in [6.07, 6.45) is 0. The average molecular weight is 288 g/mol. The predicted molar refractivity (Wildman–Crippen MR) is 83.8 cm³/mol. The lowest BCUT2D eigenvalue weighted by molar-refractivity contribution is 0.215. The van der Waals surface area contributed by atoms with Crippen molar-refractivity contribution in [3.8, 4) is 0 Å². The molecule has 0 amide bonds. The van der Waals surface area contributed by atoms with E-state index in [1.165, 1.54) is 0 Å². The summed E-state index contributed by atoms with van der Waals surface area (Å²) in [6, 6.07) is 9.45. The predicted octanol–water partition coefficient (Wildman–Crippen LogP) is 1.54. The Kier molecular flexibility index (Phi) is 3.99. The summed E-state index contributed by atoms with van der Waals surface area (Å²) in [7, 11) is 1.82. The fraction of sp³-hybridized carbons (Fsp3) is 0.333. The number of nitrogens with zero attached hydrogens (tertiary/aromatic N) is 3. The molecule has 0 radical (unpaired) electrons. The molecule has 1 aromatic carbocycles. The van der Waals surface area contributed by atoms with Gasteiger partial charge < -0.3 is 20.9 Å². The van der Waals surface area contributed by atoms with Crippen molar-refractivity contribution in [2.75, 3.05) is 18.6 Å². The van der Waals surface area contributed by atoms with Crippen LogP contribution in [0.15, 0.2) is 35.5 Å². The third-order valence-corrected chi connectivity index (χ3v) is 3.70. The number of aliphatic hydroxyl groups excluding tert-OH is 1. The number of pyridine rings is 1. The van der Waals surface area contributed by atoms with Gasteiger partial charge in [-0.15, -0.1) is 0 Å². The Labute approximate surface area is 123 Å². The monoisotopic (exact) mass is 288 g/mol. The second kappa shape index (κ2) is 5.57. The molecule has 112 valence electrons. The number of likely N-dealkylation sites (N-methyl/N-ethyl adjacent to an activating group) is 1. The first-order valence-electron chi connectivity index (χ1n) is 6.63. The quantitative estimate of drug-likeness (QED) is 0.343. The van der Waals surface area contributed by atoms with Gasteiger partial charge in [-0.1, -0.05) is 23.4 Å². The van der Waals surface area contributed by atoms with Crippen LogP contribution in [0, 0.1) is 0 Å². The fourth-order valence-corrected chi connectivity index (χ4v) is 2.00. The van der Waals surface area contributed by atoms with E-state index in [4.69, 9.17) is 10.9 Å². The first kappa shape index (κ1) is 15.1. The normalized spacial score (nSPS) is 12.7. The van der Waals surface area contributed by atoms with Crippen LogP contribution in [-0.2, 0) is 0 Å². The van der Waals surface area contributed by atoms with Gasteiger partial charge >= 0.3 is 0 Å². The number of oxime groups is 1. The SMILES string of the molecule is CN(c1nc2ccccc2cc1/C(N)=N/O)C(C)(C)CO. The van der Waals surface area contributed by atoms with Crippen molar-refractivity contribution in [2.24, 2.45) is 10.9 Å². The van der Waals surface area contributed by atoms with E-state index in [9.17, 15) is 5.11 Å². The van der Waals surface area contributed by atoms with Gasteiger partial charge in [0, 0.05) is 12.4 Å². The molecule has 1 aromatic heterocycles. The van der Waals surface area contributed by atoms with Gasteiger partial charge in [-0.05, 0) is 26.0 Å². The number of nitrogens with two attached hydrogens (primary N) is 1. The molecule has 0 saturated carbocycles. The molecule has 0 bridgehead atoms. The molecular formula is C15H20N4O2. The van der Waals surface area contributed by atoms with Crippen molar-refractivity contribution in [3.05, 3.63) is 35.9 Å². The summed E-state index contributed by atoms with van der Waals surface area (Å²) in [6.45, 7) is 3.73. The standard InChI is InChI=1S/C15H20N4O2/c1-15(2,9-20)19(3)14-11(13(16)18-21)8-10-6-4-5-7-12(10)17-14/h4-8,20-21H,9H2,1-3H3,(H2,16,18). The highest BCUT2D eigenvalue weighted by molar-refractivity contribution is 6.04. The van der Waals surface area contributed by atoms with Crippen LogP contribution in [0.5, 0.6) is 0 Å².